The molecule has 0 radical (unpaired) electrons. The van der Waals surface area contributed by atoms with Crippen molar-refractivity contribution in [1.29, 1.82) is 0 Å². The first-order valence-electron chi connectivity index (χ1n) is 11.9. The van der Waals surface area contributed by atoms with Crippen LogP contribution in [0, 0.1) is 11.3 Å². The Kier molecular flexibility index (Phi) is 6.20. The van der Waals surface area contributed by atoms with E-state index in [2.05, 4.69) is 31.4 Å². The summed E-state index contributed by atoms with van der Waals surface area (Å²) in [7, 11) is 0. The highest BCUT2D eigenvalue weighted by Gasteiger charge is 2.53. The maximum absolute atomic E-state index is 13.1. The van der Waals surface area contributed by atoms with Crippen molar-refractivity contribution in [3.63, 3.8) is 0 Å². The molecule has 1 spiro atoms. The Balaban J connectivity index is 1.35. The fourth-order valence-corrected chi connectivity index (χ4v) is 5.32. The van der Waals surface area contributed by atoms with Gasteiger partial charge in [-0.3, -0.25) is 19.3 Å². The summed E-state index contributed by atoms with van der Waals surface area (Å²) in [5.41, 5.74) is 0.800. The topological polar surface area (TPSA) is 98.8 Å². The van der Waals surface area contributed by atoms with Crippen LogP contribution >= 0.6 is 0 Å². The van der Waals surface area contributed by atoms with Crippen molar-refractivity contribution in [3.05, 3.63) is 29.8 Å². The van der Waals surface area contributed by atoms with E-state index >= 15 is 0 Å². The average Bonchev–Trinajstić information content (AvgIpc) is 3.24. The Morgan fingerprint density at radius 3 is 2.55 bits per heavy atom. The van der Waals surface area contributed by atoms with Gasteiger partial charge in [-0.05, 0) is 61.1 Å². The van der Waals surface area contributed by atoms with Crippen LogP contribution in [0.15, 0.2) is 24.3 Å². The summed E-state index contributed by atoms with van der Waals surface area (Å²) in [6.07, 6.45) is 4.42. The lowest BCUT2D eigenvalue weighted by atomic mass is 9.67. The van der Waals surface area contributed by atoms with Crippen molar-refractivity contribution in [3.8, 4) is 0 Å². The van der Waals surface area contributed by atoms with Crippen LogP contribution in [0.1, 0.15) is 64.9 Å². The highest BCUT2D eigenvalue weighted by molar-refractivity contribution is 6.10. The number of anilines is 1. The SMILES string of the molecule is CC(C)(C)C1CCC2(CC1)NC(=O)N(CC(=O)Nc1cccc(CN3CCCC3=O)c1)C2=O. The van der Waals surface area contributed by atoms with Gasteiger partial charge in [0, 0.05) is 25.2 Å². The summed E-state index contributed by atoms with van der Waals surface area (Å²) in [4.78, 5) is 53.1. The molecule has 178 valence electrons. The van der Waals surface area contributed by atoms with Gasteiger partial charge in [0.05, 0.1) is 0 Å². The monoisotopic (exact) mass is 454 g/mol. The molecule has 1 saturated carbocycles. The molecule has 0 aromatic heterocycles. The number of nitrogens with zero attached hydrogens (tertiary/aromatic N) is 2. The maximum atomic E-state index is 13.1. The molecule has 1 aliphatic carbocycles. The van der Waals surface area contributed by atoms with E-state index in [-0.39, 0.29) is 23.8 Å². The smallest absolute Gasteiger partial charge is 0.325 e. The van der Waals surface area contributed by atoms with Gasteiger partial charge in [0.1, 0.15) is 12.1 Å². The van der Waals surface area contributed by atoms with E-state index in [9.17, 15) is 19.2 Å². The Bertz CT molecular complexity index is 959. The van der Waals surface area contributed by atoms with Gasteiger partial charge in [-0.2, -0.15) is 0 Å². The standard InChI is InChI=1S/C25H34N4O4/c1-24(2,3)18-9-11-25(12-10-18)22(32)29(23(33)27-25)16-20(30)26-19-7-4-6-17(14-19)15-28-13-5-8-21(28)31/h4,6-7,14,18H,5,8-13,15-16H2,1-3H3,(H,26,30)(H,27,33). The fraction of sp³-hybridized carbons (Fsp3) is 0.600. The number of imide groups is 1. The van der Waals surface area contributed by atoms with E-state index in [1.807, 2.05) is 23.1 Å². The fourth-order valence-electron chi connectivity index (χ4n) is 5.32. The largest absolute Gasteiger partial charge is 0.338 e. The molecule has 0 atom stereocenters. The minimum atomic E-state index is -0.874. The first-order chi connectivity index (χ1) is 15.6. The van der Waals surface area contributed by atoms with Crippen molar-refractivity contribution in [1.82, 2.24) is 15.1 Å². The molecule has 5 amide bonds. The second-order valence-electron chi connectivity index (χ2n) is 10.7. The Morgan fingerprint density at radius 1 is 1.18 bits per heavy atom. The number of benzene rings is 1. The van der Waals surface area contributed by atoms with Crippen molar-refractivity contribution in [2.75, 3.05) is 18.4 Å². The van der Waals surface area contributed by atoms with Gasteiger partial charge >= 0.3 is 6.03 Å². The number of likely N-dealkylation sites (tertiary alicyclic amines) is 1. The molecule has 2 saturated heterocycles. The van der Waals surface area contributed by atoms with Crippen LogP contribution in [-0.4, -0.2) is 52.2 Å². The van der Waals surface area contributed by atoms with E-state index in [0.29, 0.717) is 37.4 Å². The summed E-state index contributed by atoms with van der Waals surface area (Å²) >= 11 is 0. The molecular formula is C25H34N4O4. The Labute approximate surface area is 195 Å². The highest BCUT2D eigenvalue weighted by atomic mass is 16.2. The molecule has 8 heteroatoms. The molecule has 2 N–H and O–H groups in total. The van der Waals surface area contributed by atoms with E-state index in [1.54, 1.807) is 6.07 Å². The molecule has 3 fully saturated rings. The number of rotatable bonds is 5. The van der Waals surface area contributed by atoms with Gasteiger partial charge in [0.15, 0.2) is 0 Å². The van der Waals surface area contributed by atoms with Crippen molar-refractivity contribution in [2.45, 2.75) is 71.4 Å². The predicted octanol–water partition coefficient (Wildman–Crippen LogP) is 3.27. The van der Waals surface area contributed by atoms with Gasteiger partial charge in [-0.25, -0.2) is 4.79 Å². The summed E-state index contributed by atoms with van der Waals surface area (Å²) in [5, 5.41) is 5.67. The molecule has 1 aromatic carbocycles. The van der Waals surface area contributed by atoms with Gasteiger partial charge in [0.25, 0.3) is 5.91 Å². The lowest BCUT2D eigenvalue weighted by Crippen LogP contribution is -2.50. The number of carbonyl (C=O) groups is 4. The summed E-state index contributed by atoms with van der Waals surface area (Å²) in [5.74, 6) is -0.0635. The molecule has 0 bridgehead atoms. The molecule has 3 aliphatic rings. The zero-order chi connectivity index (χ0) is 23.8. The second kappa shape index (κ2) is 8.80. The molecular weight excluding hydrogens is 420 g/mol. The lowest BCUT2D eigenvalue weighted by molar-refractivity contribution is -0.135. The van der Waals surface area contributed by atoms with E-state index < -0.39 is 17.5 Å². The second-order valence-corrected chi connectivity index (χ2v) is 10.7. The molecule has 2 heterocycles. The van der Waals surface area contributed by atoms with Crippen LogP contribution in [0.3, 0.4) is 0 Å². The zero-order valence-corrected chi connectivity index (χ0v) is 19.8. The van der Waals surface area contributed by atoms with Crippen LogP contribution in [-0.2, 0) is 20.9 Å². The normalized spacial score (nSPS) is 25.7. The predicted molar refractivity (Wildman–Crippen MR) is 124 cm³/mol. The maximum Gasteiger partial charge on any atom is 0.325 e. The molecule has 8 nitrogen and oxygen atoms in total. The molecule has 1 aromatic rings. The van der Waals surface area contributed by atoms with E-state index in [0.717, 1.165) is 36.3 Å². The van der Waals surface area contributed by atoms with Crippen LogP contribution in [0.2, 0.25) is 0 Å². The van der Waals surface area contributed by atoms with Crippen LogP contribution in [0.5, 0.6) is 0 Å². The number of amides is 5. The van der Waals surface area contributed by atoms with Gasteiger partial charge in [-0.1, -0.05) is 32.9 Å². The number of hydrogen-bond acceptors (Lipinski definition) is 4. The first kappa shape index (κ1) is 23.3. The van der Waals surface area contributed by atoms with E-state index in [4.69, 9.17) is 0 Å². The zero-order valence-electron chi connectivity index (χ0n) is 19.8. The first-order valence-corrected chi connectivity index (χ1v) is 11.9. The number of urea groups is 1. The molecule has 0 unspecified atom stereocenters. The third-order valence-corrected chi connectivity index (χ3v) is 7.37. The quantitative estimate of drug-likeness (QED) is 0.667. The van der Waals surface area contributed by atoms with Gasteiger partial charge in [0.2, 0.25) is 11.8 Å². The summed E-state index contributed by atoms with van der Waals surface area (Å²) in [6, 6.07) is 6.82. The van der Waals surface area contributed by atoms with Gasteiger partial charge in [-0.15, -0.1) is 0 Å². The number of hydrogen-bond donors (Lipinski definition) is 2. The summed E-state index contributed by atoms with van der Waals surface area (Å²) in [6.45, 7) is 7.56. The number of carbonyl (C=O) groups excluding carboxylic acids is 4. The minimum absolute atomic E-state index is 0.147. The Hall–Kier alpha value is -2.90. The number of nitrogens with one attached hydrogen (secondary N) is 2. The lowest BCUT2D eigenvalue weighted by Gasteiger charge is -2.40. The van der Waals surface area contributed by atoms with Crippen LogP contribution in [0.25, 0.3) is 0 Å². The molecule has 33 heavy (non-hydrogen) atoms. The Morgan fingerprint density at radius 2 is 1.91 bits per heavy atom. The molecule has 2 aliphatic heterocycles. The molecule has 4 rings (SSSR count). The third-order valence-electron chi connectivity index (χ3n) is 7.37. The van der Waals surface area contributed by atoms with Crippen LogP contribution in [0.4, 0.5) is 10.5 Å². The van der Waals surface area contributed by atoms with Crippen LogP contribution < -0.4 is 10.6 Å². The van der Waals surface area contributed by atoms with Crippen molar-refractivity contribution >= 4 is 29.4 Å². The van der Waals surface area contributed by atoms with Crippen molar-refractivity contribution < 1.29 is 19.2 Å². The third kappa shape index (κ3) is 4.89. The minimum Gasteiger partial charge on any atom is -0.338 e. The summed E-state index contributed by atoms with van der Waals surface area (Å²) < 4.78 is 0. The highest BCUT2D eigenvalue weighted by Crippen LogP contribution is 2.43. The van der Waals surface area contributed by atoms with E-state index in [1.165, 1.54) is 0 Å². The van der Waals surface area contributed by atoms with Gasteiger partial charge < -0.3 is 15.5 Å². The average molecular weight is 455 g/mol. The van der Waals surface area contributed by atoms with Crippen molar-refractivity contribution in [2.24, 2.45) is 11.3 Å².